The first-order chi connectivity index (χ1) is 21.3. The van der Waals surface area contributed by atoms with Gasteiger partial charge in [0.1, 0.15) is 30.2 Å². The average Bonchev–Trinajstić information content (AvgIpc) is 3.63. The van der Waals surface area contributed by atoms with Gasteiger partial charge in [0, 0.05) is 60.7 Å². The number of ether oxygens (including phenoxy) is 1. The summed E-state index contributed by atoms with van der Waals surface area (Å²) in [5.74, 6) is -1.95. The van der Waals surface area contributed by atoms with Crippen LogP contribution in [-0.2, 0) is 6.18 Å². The van der Waals surface area contributed by atoms with E-state index in [0.29, 0.717) is 32.1 Å². The van der Waals surface area contributed by atoms with Crippen molar-refractivity contribution >= 4 is 43.4 Å². The van der Waals surface area contributed by atoms with Crippen LogP contribution >= 0.6 is 11.3 Å². The van der Waals surface area contributed by atoms with Gasteiger partial charge in [-0.15, -0.1) is 0 Å². The third-order valence-corrected chi connectivity index (χ3v) is 10.1. The number of rotatable bonds is 5. The monoisotopic (exact) mass is 651 g/mol. The summed E-state index contributed by atoms with van der Waals surface area (Å²) in [6, 6.07) is 2.38. The average molecular weight is 652 g/mol. The molecule has 2 aromatic heterocycles. The molecule has 0 spiro atoms. The Morgan fingerprint density at radius 2 is 1.91 bits per heavy atom. The molecule has 3 fully saturated rings. The number of anilines is 2. The zero-order chi connectivity index (χ0) is 31.8. The van der Waals surface area contributed by atoms with Crippen LogP contribution in [0.5, 0.6) is 6.01 Å². The van der Waals surface area contributed by atoms with Crippen molar-refractivity contribution in [3.05, 3.63) is 35.4 Å². The van der Waals surface area contributed by atoms with Crippen molar-refractivity contribution in [3.63, 3.8) is 0 Å². The van der Waals surface area contributed by atoms with Crippen LogP contribution in [0, 0.1) is 11.6 Å². The van der Waals surface area contributed by atoms with E-state index in [1.54, 1.807) is 0 Å². The summed E-state index contributed by atoms with van der Waals surface area (Å²) in [6.07, 6.45) is -3.94. The Kier molecular flexibility index (Phi) is 7.28. The number of alkyl halides is 4. The molecule has 0 amide bonds. The summed E-state index contributed by atoms with van der Waals surface area (Å²) < 4.78 is 94.8. The van der Waals surface area contributed by atoms with Gasteiger partial charge in [0.25, 0.3) is 0 Å². The molecular formula is C30H31F6N7OS. The summed E-state index contributed by atoms with van der Waals surface area (Å²) in [7, 11) is 0. The summed E-state index contributed by atoms with van der Waals surface area (Å²) in [6.45, 7) is 6.10. The molecule has 4 aromatic rings. The molecule has 2 aromatic carbocycles. The normalized spacial score (nSPS) is 25.9. The van der Waals surface area contributed by atoms with E-state index in [4.69, 9.17) is 10.5 Å². The molecule has 3 aliphatic rings. The number of nitrogens with two attached hydrogens (primary N) is 1. The lowest BCUT2D eigenvalue weighted by Gasteiger charge is -2.39. The number of halogens is 6. The number of thiazole rings is 1. The second-order valence-electron chi connectivity index (χ2n) is 12.4. The van der Waals surface area contributed by atoms with Crippen LogP contribution < -0.4 is 20.7 Å². The molecule has 3 N–H and O–H groups in total. The van der Waals surface area contributed by atoms with Crippen LogP contribution in [0.4, 0.5) is 37.3 Å². The first kappa shape index (κ1) is 30.2. The number of nitrogens with one attached hydrogen (secondary N) is 1. The lowest BCUT2D eigenvalue weighted by molar-refractivity contribution is -0.137. The highest BCUT2D eigenvalue weighted by molar-refractivity contribution is 7.22. The molecule has 15 heteroatoms. The Morgan fingerprint density at radius 1 is 1.11 bits per heavy atom. The minimum absolute atomic E-state index is 0.0135. The van der Waals surface area contributed by atoms with E-state index < -0.39 is 46.2 Å². The van der Waals surface area contributed by atoms with E-state index in [2.05, 4.69) is 25.2 Å². The van der Waals surface area contributed by atoms with Crippen molar-refractivity contribution in [1.29, 1.82) is 0 Å². The molecule has 0 unspecified atom stereocenters. The van der Waals surface area contributed by atoms with Gasteiger partial charge < -0.3 is 20.7 Å². The number of hydrogen-bond donors (Lipinski definition) is 2. The van der Waals surface area contributed by atoms with Crippen LogP contribution in [0.1, 0.15) is 38.7 Å². The Hall–Kier alpha value is -3.43. The lowest BCUT2D eigenvalue weighted by Crippen LogP contribution is -2.54. The first-order valence-corrected chi connectivity index (χ1v) is 15.6. The predicted molar refractivity (Wildman–Crippen MR) is 160 cm³/mol. The van der Waals surface area contributed by atoms with Crippen LogP contribution in [0.2, 0.25) is 0 Å². The van der Waals surface area contributed by atoms with Crippen LogP contribution in [0.25, 0.3) is 32.2 Å². The molecule has 5 heterocycles. The van der Waals surface area contributed by atoms with E-state index in [1.165, 1.54) is 0 Å². The van der Waals surface area contributed by atoms with Crippen molar-refractivity contribution in [3.8, 4) is 17.1 Å². The van der Waals surface area contributed by atoms with E-state index in [9.17, 15) is 22.0 Å². The van der Waals surface area contributed by atoms with Crippen molar-refractivity contribution in [2.45, 2.75) is 63.1 Å². The van der Waals surface area contributed by atoms with Crippen LogP contribution in [-0.4, -0.2) is 76.4 Å². The Bertz CT molecular complexity index is 1800. The maximum atomic E-state index is 15.4. The number of fused-ring (bicyclic) bond motifs is 3. The molecule has 3 saturated heterocycles. The SMILES string of the molecule is C[C@@H]1CN(c2nc(OC[C@@]34CCCN3C[C@H](F)C4)nc3cc(-c4c(F)cc(F)c5sc(N)nc45)c(C(F)(F)F)cc23)[C@@H](C)CN1. The second kappa shape index (κ2) is 10.8. The number of benzene rings is 2. The highest BCUT2D eigenvalue weighted by Gasteiger charge is 2.49. The number of piperazine rings is 1. The standard InChI is InChI=1S/C30H31F6N7OS/c1-14-11-43(15(2)10-38-14)26-18-6-19(30(34,35)36)17(23-20(32)8-21(33)25-24(23)40-27(37)45-25)7-22(18)39-28(41-26)44-13-29-4-3-5-42(29)12-16(31)9-29/h6-8,14-16,38H,3-5,9-13H2,1-2H3,(H2,37,40)/t14-,15+,16-,29+/m1/s1. The molecular weight excluding hydrogens is 620 g/mol. The lowest BCUT2D eigenvalue weighted by atomic mass is 9.95. The Labute approximate surface area is 258 Å². The minimum Gasteiger partial charge on any atom is -0.461 e. The maximum absolute atomic E-state index is 15.4. The summed E-state index contributed by atoms with van der Waals surface area (Å²) in [5, 5.41) is 3.34. The molecule has 45 heavy (non-hydrogen) atoms. The van der Waals surface area contributed by atoms with Crippen LogP contribution in [0.15, 0.2) is 18.2 Å². The van der Waals surface area contributed by atoms with Gasteiger partial charge in [-0.2, -0.15) is 23.1 Å². The van der Waals surface area contributed by atoms with E-state index in [1.807, 2.05) is 18.7 Å². The van der Waals surface area contributed by atoms with E-state index in [-0.39, 0.29) is 56.8 Å². The van der Waals surface area contributed by atoms with Gasteiger partial charge in [-0.1, -0.05) is 11.3 Å². The fourth-order valence-corrected chi connectivity index (χ4v) is 7.86. The number of aromatic nitrogens is 3. The Balaban J connectivity index is 1.43. The molecule has 3 aliphatic heterocycles. The molecule has 0 saturated carbocycles. The van der Waals surface area contributed by atoms with Crippen molar-refractivity contribution in [1.82, 2.24) is 25.2 Å². The zero-order valence-corrected chi connectivity index (χ0v) is 25.3. The summed E-state index contributed by atoms with van der Waals surface area (Å²) in [5.41, 5.74) is 2.79. The topological polar surface area (TPSA) is 92.4 Å². The fraction of sp³-hybridized carbons (Fsp3) is 0.500. The summed E-state index contributed by atoms with van der Waals surface area (Å²) in [4.78, 5) is 17.1. The van der Waals surface area contributed by atoms with Gasteiger partial charge >= 0.3 is 12.2 Å². The Morgan fingerprint density at radius 3 is 2.69 bits per heavy atom. The van der Waals surface area contributed by atoms with Crippen LogP contribution in [0.3, 0.4) is 0 Å². The third-order valence-electron chi connectivity index (χ3n) is 9.23. The largest absolute Gasteiger partial charge is 0.461 e. The van der Waals surface area contributed by atoms with Gasteiger partial charge in [-0.05, 0) is 45.4 Å². The van der Waals surface area contributed by atoms with Crippen molar-refractivity contribution in [2.24, 2.45) is 0 Å². The molecule has 7 rings (SSSR count). The van der Waals surface area contributed by atoms with Crippen molar-refractivity contribution in [2.75, 3.05) is 43.4 Å². The zero-order valence-electron chi connectivity index (χ0n) is 24.5. The highest BCUT2D eigenvalue weighted by atomic mass is 32.1. The molecule has 8 nitrogen and oxygen atoms in total. The van der Waals surface area contributed by atoms with Crippen molar-refractivity contribution < 1.29 is 31.1 Å². The molecule has 240 valence electrons. The molecule has 0 aliphatic carbocycles. The predicted octanol–water partition coefficient (Wildman–Crippen LogP) is 5.93. The second-order valence-corrected chi connectivity index (χ2v) is 13.4. The third kappa shape index (κ3) is 5.22. The first-order valence-electron chi connectivity index (χ1n) is 14.8. The van der Waals surface area contributed by atoms with Gasteiger partial charge in [0.15, 0.2) is 5.13 Å². The van der Waals surface area contributed by atoms with Gasteiger partial charge in [0.05, 0.1) is 26.8 Å². The van der Waals surface area contributed by atoms with E-state index in [0.717, 1.165) is 42.9 Å². The highest BCUT2D eigenvalue weighted by Crippen LogP contribution is 2.46. The summed E-state index contributed by atoms with van der Waals surface area (Å²) >= 11 is 0.718. The van der Waals surface area contributed by atoms with Gasteiger partial charge in [0.2, 0.25) is 0 Å². The maximum Gasteiger partial charge on any atom is 0.417 e. The molecule has 0 bridgehead atoms. The molecule has 4 atom stereocenters. The fourth-order valence-electron chi connectivity index (χ4n) is 7.11. The number of nitrogens with zero attached hydrogens (tertiary/aromatic N) is 5. The molecule has 0 radical (unpaired) electrons. The van der Waals surface area contributed by atoms with Gasteiger partial charge in [-0.3, -0.25) is 4.90 Å². The van der Waals surface area contributed by atoms with Gasteiger partial charge in [-0.25, -0.2) is 18.2 Å². The minimum atomic E-state index is -4.93. The van der Waals surface area contributed by atoms with E-state index >= 15 is 4.39 Å². The number of nitrogen functional groups attached to an aromatic ring is 1. The number of hydrogen-bond acceptors (Lipinski definition) is 9. The quantitative estimate of drug-likeness (QED) is 0.257. The smallest absolute Gasteiger partial charge is 0.417 e.